The van der Waals surface area contributed by atoms with Crippen LogP contribution < -0.4 is 16.0 Å². The average molecular weight is 372 g/mol. The number of benzene rings is 1. The van der Waals surface area contributed by atoms with Crippen LogP contribution in [0.25, 0.3) is 10.2 Å². The summed E-state index contributed by atoms with van der Waals surface area (Å²) in [4.78, 5) is 39.5. The molecule has 2 heterocycles. The SMILES string of the molecule is O=C(CNC(=O)CNC(=O)c1ccco1)NCc1nc2ccccc2s1. The van der Waals surface area contributed by atoms with E-state index < -0.39 is 11.8 Å². The molecule has 0 atom stereocenters. The number of nitrogens with one attached hydrogen (secondary N) is 3. The highest BCUT2D eigenvalue weighted by molar-refractivity contribution is 7.18. The van der Waals surface area contributed by atoms with Gasteiger partial charge in [0.1, 0.15) is 5.01 Å². The van der Waals surface area contributed by atoms with Crippen molar-refractivity contribution < 1.29 is 18.8 Å². The predicted molar refractivity (Wildman–Crippen MR) is 95.5 cm³/mol. The number of rotatable bonds is 7. The lowest BCUT2D eigenvalue weighted by Crippen LogP contribution is -2.41. The van der Waals surface area contributed by atoms with Gasteiger partial charge in [0.05, 0.1) is 36.1 Å². The van der Waals surface area contributed by atoms with E-state index >= 15 is 0 Å². The largest absolute Gasteiger partial charge is 0.459 e. The molecule has 3 rings (SSSR count). The number of hydrogen-bond donors (Lipinski definition) is 3. The van der Waals surface area contributed by atoms with Crippen LogP contribution in [0, 0.1) is 0 Å². The molecule has 0 unspecified atom stereocenters. The van der Waals surface area contributed by atoms with E-state index in [1.54, 1.807) is 6.07 Å². The molecule has 0 fully saturated rings. The minimum atomic E-state index is -0.495. The number of amides is 3. The van der Waals surface area contributed by atoms with Gasteiger partial charge in [-0.05, 0) is 24.3 Å². The van der Waals surface area contributed by atoms with Crippen molar-refractivity contribution >= 4 is 39.3 Å². The van der Waals surface area contributed by atoms with E-state index in [4.69, 9.17) is 4.42 Å². The molecule has 3 N–H and O–H groups in total. The molecule has 8 nitrogen and oxygen atoms in total. The van der Waals surface area contributed by atoms with Crippen molar-refractivity contribution in [3.63, 3.8) is 0 Å². The van der Waals surface area contributed by atoms with Crippen molar-refractivity contribution in [3.8, 4) is 0 Å². The normalized spacial score (nSPS) is 10.5. The summed E-state index contributed by atoms with van der Waals surface area (Å²) in [6.45, 7) is -0.131. The predicted octanol–water partition coefficient (Wildman–Crippen LogP) is 1.05. The summed E-state index contributed by atoms with van der Waals surface area (Å²) in [6, 6.07) is 10.8. The third-order valence-electron chi connectivity index (χ3n) is 3.38. The fraction of sp³-hybridized carbons (Fsp3) is 0.176. The Labute approximate surface area is 152 Å². The topological polar surface area (TPSA) is 113 Å². The Balaban J connectivity index is 1.36. The lowest BCUT2D eigenvalue weighted by molar-refractivity contribution is -0.125. The van der Waals surface area contributed by atoms with Gasteiger partial charge in [0.2, 0.25) is 11.8 Å². The molecule has 0 radical (unpaired) electrons. The van der Waals surface area contributed by atoms with Crippen LogP contribution in [0.15, 0.2) is 47.1 Å². The summed E-state index contributed by atoms with van der Waals surface area (Å²) >= 11 is 1.50. The van der Waals surface area contributed by atoms with E-state index in [-0.39, 0.29) is 24.8 Å². The van der Waals surface area contributed by atoms with Gasteiger partial charge in [-0.1, -0.05) is 12.1 Å². The molecule has 3 amide bonds. The maximum atomic E-state index is 11.8. The summed E-state index contributed by atoms with van der Waals surface area (Å²) in [5, 5.41) is 8.31. The van der Waals surface area contributed by atoms with E-state index in [9.17, 15) is 14.4 Å². The average Bonchev–Trinajstić information content (AvgIpc) is 3.31. The smallest absolute Gasteiger partial charge is 0.287 e. The highest BCUT2D eigenvalue weighted by Gasteiger charge is 2.11. The Morgan fingerprint density at radius 1 is 0.962 bits per heavy atom. The molecule has 0 aliphatic rings. The zero-order chi connectivity index (χ0) is 18.4. The monoisotopic (exact) mass is 372 g/mol. The molecular weight excluding hydrogens is 356 g/mol. The lowest BCUT2D eigenvalue weighted by atomic mass is 10.3. The van der Waals surface area contributed by atoms with Gasteiger partial charge in [0.15, 0.2) is 5.76 Å². The molecule has 9 heteroatoms. The van der Waals surface area contributed by atoms with Crippen molar-refractivity contribution in [1.29, 1.82) is 0 Å². The Morgan fingerprint density at radius 3 is 2.50 bits per heavy atom. The van der Waals surface area contributed by atoms with Gasteiger partial charge in [0, 0.05) is 0 Å². The first-order valence-electron chi connectivity index (χ1n) is 7.81. The fourth-order valence-electron chi connectivity index (χ4n) is 2.13. The van der Waals surface area contributed by atoms with Crippen LogP contribution in [0.4, 0.5) is 0 Å². The Bertz CT molecular complexity index is 887. The molecule has 3 aromatic rings. The van der Waals surface area contributed by atoms with E-state index in [1.165, 1.54) is 23.7 Å². The van der Waals surface area contributed by atoms with Crippen molar-refractivity contribution in [2.75, 3.05) is 13.1 Å². The Hall–Kier alpha value is -3.20. The van der Waals surface area contributed by atoms with Crippen LogP contribution in [0.5, 0.6) is 0 Å². The second-order valence-corrected chi connectivity index (χ2v) is 6.40. The fourth-order valence-corrected chi connectivity index (χ4v) is 3.04. The molecule has 2 aromatic heterocycles. The van der Waals surface area contributed by atoms with Crippen molar-refractivity contribution in [2.24, 2.45) is 0 Å². The standard InChI is InChI=1S/C17H16N4O4S/c22-14(19-10-16-21-11-4-1-2-6-13(11)26-16)8-18-15(23)9-20-17(24)12-5-3-7-25-12/h1-7H,8-10H2,(H,18,23)(H,19,22)(H,20,24). The summed E-state index contributed by atoms with van der Waals surface area (Å²) in [5.74, 6) is -1.19. The van der Waals surface area contributed by atoms with Gasteiger partial charge < -0.3 is 20.4 Å². The highest BCUT2D eigenvalue weighted by atomic mass is 32.1. The first kappa shape index (κ1) is 17.6. The third-order valence-corrected chi connectivity index (χ3v) is 4.41. The molecule has 1 aromatic carbocycles. The molecule has 134 valence electrons. The Morgan fingerprint density at radius 2 is 1.73 bits per heavy atom. The molecule has 0 saturated heterocycles. The van der Waals surface area contributed by atoms with Gasteiger partial charge in [0.25, 0.3) is 5.91 Å². The molecule has 0 aliphatic heterocycles. The zero-order valence-corrected chi connectivity index (χ0v) is 14.5. The van der Waals surface area contributed by atoms with Gasteiger partial charge in [-0.15, -0.1) is 11.3 Å². The number of thiazole rings is 1. The van der Waals surface area contributed by atoms with Gasteiger partial charge in [-0.25, -0.2) is 4.98 Å². The van der Waals surface area contributed by atoms with Crippen LogP contribution in [-0.4, -0.2) is 35.8 Å². The molecule has 0 saturated carbocycles. The quantitative estimate of drug-likeness (QED) is 0.574. The summed E-state index contributed by atoms with van der Waals surface area (Å²) in [6.07, 6.45) is 1.37. The van der Waals surface area contributed by atoms with E-state index in [2.05, 4.69) is 20.9 Å². The number of hydrogen-bond acceptors (Lipinski definition) is 6. The number of fused-ring (bicyclic) bond motifs is 1. The molecule has 0 bridgehead atoms. The number of carbonyl (C=O) groups excluding carboxylic acids is 3. The first-order valence-corrected chi connectivity index (χ1v) is 8.63. The molecular formula is C17H16N4O4S. The minimum Gasteiger partial charge on any atom is -0.459 e. The first-order chi connectivity index (χ1) is 12.6. The summed E-state index contributed by atoms with van der Waals surface area (Å²) < 4.78 is 5.96. The number of aromatic nitrogens is 1. The highest BCUT2D eigenvalue weighted by Crippen LogP contribution is 2.21. The van der Waals surface area contributed by atoms with Crippen LogP contribution in [-0.2, 0) is 16.1 Å². The molecule has 0 spiro atoms. The van der Waals surface area contributed by atoms with Crippen LogP contribution in [0.3, 0.4) is 0 Å². The molecule has 26 heavy (non-hydrogen) atoms. The van der Waals surface area contributed by atoms with Crippen LogP contribution >= 0.6 is 11.3 Å². The van der Waals surface area contributed by atoms with Crippen molar-refractivity contribution in [2.45, 2.75) is 6.54 Å². The van der Waals surface area contributed by atoms with Gasteiger partial charge >= 0.3 is 0 Å². The van der Waals surface area contributed by atoms with E-state index in [0.717, 1.165) is 15.2 Å². The van der Waals surface area contributed by atoms with Crippen LogP contribution in [0.1, 0.15) is 15.6 Å². The summed E-state index contributed by atoms with van der Waals surface area (Å²) in [5.41, 5.74) is 0.891. The number of nitrogens with zero attached hydrogens (tertiary/aromatic N) is 1. The second-order valence-electron chi connectivity index (χ2n) is 5.29. The van der Waals surface area contributed by atoms with E-state index in [0.29, 0.717) is 6.54 Å². The van der Waals surface area contributed by atoms with Crippen molar-refractivity contribution in [3.05, 3.63) is 53.4 Å². The zero-order valence-electron chi connectivity index (χ0n) is 13.7. The number of para-hydroxylation sites is 1. The summed E-state index contributed by atoms with van der Waals surface area (Å²) in [7, 11) is 0. The Kier molecular flexibility index (Phi) is 5.59. The van der Waals surface area contributed by atoms with E-state index in [1.807, 2.05) is 24.3 Å². The number of furan rings is 1. The van der Waals surface area contributed by atoms with Crippen LogP contribution in [0.2, 0.25) is 0 Å². The van der Waals surface area contributed by atoms with Gasteiger partial charge in [-0.3, -0.25) is 14.4 Å². The van der Waals surface area contributed by atoms with Crippen molar-refractivity contribution in [1.82, 2.24) is 20.9 Å². The molecule has 0 aliphatic carbocycles. The third kappa shape index (κ3) is 4.67. The minimum absolute atomic E-state index is 0.117. The maximum absolute atomic E-state index is 11.8. The number of carbonyl (C=O) groups is 3. The van der Waals surface area contributed by atoms with Gasteiger partial charge in [-0.2, -0.15) is 0 Å². The maximum Gasteiger partial charge on any atom is 0.287 e. The lowest BCUT2D eigenvalue weighted by Gasteiger charge is -2.06. The second kappa shape index (κ2) is 8.26.